The highest BCUT2D eigenvalue weighted by atomic mass is 16.5. The van der Waals surface area contributed by atoms with Gasteiger partial charge < -0.3 is 15.4 Å². The summed E-state index contributed by atoms with van der Waals surface area (Å²) in [7, 11) is 1.65. The third-order valence-corrected chi connectivity index (χ3v) is 5.26. The van der Waals surface area contributed by atoms with Crippen molar-refractivity contribution >= 4 is 11.7 Å². The predicted molar refractivity (Wildman–Crippen MR) is 102 cm³/mol. The molecule has 7 nitrogen and oxygen atoms in total. The number of carbonyl (C=O) groups excluding carboxylic acids is 1. The van der Waals surface area contributed by atoms with E-state index in [1.165, 1.54) is 0 Å². The van der Waals surface area contributed by atoms with Crippen molar-refractivity contribution in [3.05, 3.63) is 60.0 Å². The number of pyridine rings is 1. The zero-order chi connectivity index (χ0) is 18.9. The van der Waals surface area contributed by atoms with Crippen molar-refractivity contribution in [2.24, 2.45) is 0 Å². The number of urea groups is 1. The maximum absolute atomic E-state index is 12.7. The van der Waals surface area contributed by atoms with Crippen molar-refractivity contribution in [3.8, 4) is 5.75 Å². The smallest absolute Gasteiger partial charge is 0.316 e. The number of fused-ring (bicyclic) bond motifs is 1. The Labute approximate surface area is 157 Å². The van der Waals surface area contributed by atoms with E-state index in [2.05, 4.69) is 20.8 Å². The second-order valence-electron chi connectivity index (χ2n) is 6.97. The summed E-state index contributed by atoms with van der Waals surface area (Å²) in [4.78, 5) is 12.7. The summed E-state index contributed by atoms with van der Waals surface area (Å²) in [5.41, 5.74) is 1.49. The molecule has 1 saturated carbocycles. The van der Waals surface area contributed by atoms with Crippen LogP contribution in [0.15, 0.2) is 48.7 Å². The van der Waals surface area contributed by atoms with E-state index in [0.29, 0.717) is 5.82 Å². The summed E-state index contributed by atoms with van der Waals surface area (Å²) in [5.74, 6) is 1.49. The molecule has 2 amide bonds. The van der Waals surface area contributed by atoms with Gasteiger partial charge in [-0.2, -0.15) is 0 Å². The van der Waals surface area contributed by atoms with Crippen molar-refractivity contribution in [2.45, 2.75) is 37.8 Å². The van der Waals surface area contributed by atoms with Crippen LogP contribution in [0.5, 0.6) is 5.75 Å². The quantitative estimate of drug-likeness (QED) is 0.728. The van der Waals surface area contributed by atoms with E-state index in [1.54, 1.807) is 7.11 Å². The molecule has 4 rings (SSSR count). The Bertz CT molecular complexity index is 964. The molecule has 0 radical (unpaired) electrons. The Morgan fingerprint density at radius 3 is 2.81 bits per heavy atom. The zero-order valence-corrected chi connectivity index (χ0v) is 15.5. The minimum Gasteiger partial charge on any atom is -0.497 e. The Balaban J connectivity index is 1.49. The number of hydrogen-bond acceptors (Lipinski definition) is 4. The molecule has 1 fully saturated rings. The highest BCUT2D eigenvalue weighted by molar-refractivity contribution is 5.75. The van der Waals surface area contributed by atoms with Gasteiger partial charge in [-0.15, -0.1) is 10.2 Å². The summed E-state index contributed by atoms with van der Waals surface area (Å²) in [5, 5.41) is 14.5. The summed E-state index contributed by atoms with van der Waals surface area (Å²) < 4.78 is 7.21. The number of amides is 2. The summed E-state index contributed by atoms with van der Waals surface area (Å²) in [6.45, 7) is 1.90. The minimum absolute atomic E-state index is 0.210. The molecule has 1 aliphatic carbocycles. The summed E-state index contributed by atoms with van der Waals surface area (Å²) in [6.07, 6.45) is 4.80. The first-order chi connectivity index (χ1) is 13.1. The standard InChI is InChI=1S/C20H23N5O2/c1-14(18-24-23-17-9-3-4-12-25(17)18)21-19(26)22-20(10-6-11-20)15-7-5-8-16(13-15)27-2/h3-5,7-9,12-14H,6,10-11H2,1-2H3,(H2,21,22,26). The Kier molecular flexibility index (Phi) is 4.43. The van der Waals surface area contributed by atoms with Crippen LogP contribution in [0.25, 0.3) is 5.65 Å². The molecule has 3 aromatic rings. The van der Waals surface area contributed by atoms with Crippen LogP contribution in [0.4, 0.5) is 4.79 Å². The molecule has 0 spiro atoms. The van der Waals surface area contributed by atoms with Crippen molar-refractivity contribution < 1.29 is 9.53 Å². The van der Waals surface area contributed by atoms with Crippen LogP contribution in [0.1, 0.15) is 43.6 Å². The molecule has 0 saturated heterocycles. The average Bonchev–Trinajstić information content (AvgIpc) is 3.09. The van der Waals surface area contributed by atoms with Crippen LogP contribution >= 0.6 is 0 Å². The average molecular weight is 365 g/mol. The van der Waals surface area contributed by atoms with Gasteiger partial charge in [0.25, 0.3) is 0 Å². The van der Waals surface area contributed by atoms with Crippen LogP contribution in [0, 0.1) is 0 Å². The number of rotatable bonds is 5. The number of nitrogens with one attached hydrogen (secondary N) is 2. The van der Waals surface area contributed by atoms with Crippen LogP contribution in [-0.2, 0) is 5.54 Å². The van der Waals surface area contributed by atoms with E-state index in [4.69, 9.17) is 4.74 Å². The number of methoxy groups -OCH3 is 1. The maximum atomic E-state index is 12.7. The van der Waals surface area contributed by atoms with Crippen molar-refractivity contribution in [1.29, 1.82) is 0 Å². The molecule has 1 atom stereocenters. The number of carbonyl (C=O) groups is 1. The van der Waals surface area contributed by atoms with E-state index in [9.17, 15) is 4.79 Å². The van der Waals surface area contributed by atoms with Crippen LogP contribution in [0.2, 0.25) is 0 Å². The number of benzene rings is 1. The second kappa shape index (κ2) is 6.90. The lowest BCUT2D eigenvalue weighted by Gasteiger charge is -2.43. The normalized spacial score (nSPS) is 16.4. The van der Waals surface area contributed by atoms with Crippen molar-refractivity contribution in [3.63, 3.8) is 0 Å². The second-order valence-corrected chi connectivity index (χ2v) is 6.97. The molecular weight excluding hydrogens is 342 g/mol. The van der Waals surface area contributed by atoms with Gasteiger partial charge in [-0.1, -0.05) is 18.2 Å². The van der Waals surface area contributed by atoms with Gasteiger partial charge in [0, 0.05) is 6.20 Å². The highest BCUT2D eigenvalue weighted by Crippen LogP contribution is 2.42. The molecular formula is C20H23N5O2. The molecule has 2 heterocycles. The molecule has 0 bridgehead atoms. The van der Waals surface area contributed by atoms with Crippen molar-refractivity contribution in [2.75, 3.05) is 7.11 Å². The van der Waals surface area contributed by atoms with E-state index in [0.717, 1.165) is 36.2 Å². The molecule has 140 valence electrons. The highest BCUT2D eigenvalue weighted by Gasteiger charge is 2.40. The molecule has 1 unspecified atom stereocenters. The third-order valence-electron chi connectivity index (χ3n) is 5.26. The molecule has 1 aliphatic rings. The third kappa shape index (κ3) is 3.20. The Morgan fingerprint density at radius 2 is 2.07 bits per heavy atom. The van der Waals surface area contributed by atoms with Gasteiger partial charge in [0.15, 0.2) is 11.5 Å². The molecule has 0 aliphatic heterocycles. The summed E-state index contributed by atoms with van der Waals surface area (Å²) in [6, 6.07) is 13.1. The molecule has 2 N–H and O–H groups in total. The number of nitrogens with zero attached hydrogens (tertiary/aromatic N) is 3. The largest absolute Gasteiger partial charge is 0.497 e. The fraction of sp³-hybridized carbons (Fsp3) is 0.350. The van der Waals surface area contributed by atoms with Gasteiger partial charge >= 0.3 is 6.03 Å². The Hall–Kier alpha value is -3.09. The topological polar surface area (TPSA) is 80.5 Å². The van der Waals surface area contributed by atoms with Gasteiger partial charge in [-0.3, -0.25) is 4.40 Å². The van der Waals surface area contributed by atoms with E-state index < -0.39 is 0 Å². The number of hydrogen-bond donors (Lipinski definition) is 2. The Morgan fingerprint density at radius 1 is 1.22 bits per heavy atom. The van der Waals surface area contributed by atoms with Gasteiger partial charge in [-0.25, -0.2) is 4.79 Å². The molecule has 27 heavy (non-hydrogen) atoms. The lowest BCUT2D eigenvalue weighted by molar-refractivity contribution is 0.175. The maximum Gasteiger partial charge on any atom is 0.316 e. The zero-order valence-electron chi connectivity index (χ0n) is 15.5. The first kappa shape index (κ1) is 17.3. The lowest BCUT2D eigenvalue weighted by atomic mass is 9.72. The van der Waals surface area contributed by atoms with Crippen LogP contribution in [-0.4, -0.2) is 27.7 Å². The predicted octanol–water partition coefficient (Wildman–Crippen LogP) is 3.18. The fourth-order valence-corrected chi connectivity index (χ4v) is 3.61. The van der Waals surface area contributed by atoms with E-state index in [-0.39, 0.29) is 17.6 Å². The monoisotopic (exact) mass is 365 g/mol. The lowest BCUT2D eigenvalue weighted by Crippen LogP contribution is -2.54. The fourth-order valence-electron chi connectivity index (χ4n) is 3.61. The van der Waals surface area contributed by atoms with Crippen LogP contribution < -0.4 is 15.4 Å². The first-order valence-electron chi connectivity index (χ1n) is 9.14. The minimum atomic E-state index is -0.342. The summed E-state index contributed by atoms with van der Waals surface area (Å²) >= 11 is 0. The van der Waals surface area contributed by atoms with E-state index in [1.807, 2.05) is 60.0 Å². The molecule has 2 aromatic heterocycles. The van der Waals surface area contributed by atoms with Gasteiger partial charge in [0.2, 0.25) is 0 Å². The molecule has 1 aromatic carbocycles. The first-order valence-corrected chi connectivity index (χ1v) is 9.14. The van der Waals surface area contributed by atoms with Crippen molar-refractivity contribution in [1.82, 2.24) is 25.2 Å². The van der Waals surface area contributed by atoms with Gasteiger partial charge in [-0.05, 0) is 56.0 Å². The van der Waals surface area contributed by atoms with E-state index >= 15 is 0 Å². The number of ether oxygens (including phenoxy) is 1. The van der Waals surface area contributed by atoms with Gasteiger partial charge in [0.05, 0.1) is 18.7 Å². The molecule has 7 heteroatoms. The number of aromatic nitrogens is 3. The SMILES string of the molecule is COc1cccc(C2(NC(=O)NC(C)c3nnc4ccccn34)CCC2)c1. The van der Waals surface area contributed by atoms with Gasteiger partial charge in [0.1, 0.15) is 5.75 Å². The van der Waals surface area contributed by atoms with Crippen LogP contribution in [0.3, 0.4) is 0 Å².